The van der Waals surface area contributed by atoms with Gasteiger partial charge in [-0.25, -0.2) is 9.18 Å². The van der Waals surface area contributed by atoms with Gasteiger partial charge in [0.2, 0.25) is 11.7 Å². The largest absolute Gasteiger partial charge is 0.325 e. The summed E-state index contributed by atoms with van der Waals surface area (Å²) in [5.41, 5.74) is 1.28. The van der Waals surface area contributed by atoms with Crippen molar-refractivity contribution in [3.63, 3.8) is 0 Å². The van der Waals surface area contributed by atoms with Gasteiger partial charge in [0.05, 0.1) is 23.3 Å². The van der Waals surface area contributed by atoms with Crippen molar-refractivity contribution < 1.29 is 9.18 Å². The molecule has 166 valence electrons. The number of nitrogens with zero attached hydrogens (tertiary/aromatic N) is 4. The second-order valence-corrected chi connectivity index (χ2v) is 8.08. The van der Waals surface area contributed by atoms with E-state index in [0.717, 1.165) is 34.6 Å². The summed E-state index contributed by atoms with van der Waals surface area (Å²) < 4.78 is 17.1. The predicted molar refractivity (Wildman–Crippen MR) is 121 cm³/mol. The molecule has 0 unspecified atom stereocenters. The van der Waals surface area contributed by atoms with Crippen LogP contribution in [0.5, 0.6) is 0 Å². The number of para-hydroxylation sites is 2. The highest BCUT2D eigenvalue weighted by molar-refractivity contribution is 7.99. The van der Waals surface area contributed by atoms with E-state index in [-0.39, 0.29) is 17.3 Å². The van der Waals surface area contributed by atoms with Crippen molar-refractivity contribution in [2.24, 2.45) is 0 Å². The zero-order valence-electron chi connectivity index (χ0n) is 16.9. The maximum absolute atomic E-state index is 13.3. The number of amides is 1. The molecular weight excluding hydrogens is 449 g/mol. The number of aromatic amines is 2. The van der Waals surface area contributed by atoms with E-state index in [1.807, 2.05) is 38.2 Å². The summed E-state index contributed by atoms with van der Waals surface area (Å²) in [6, 6.07) is 14.0. The van der Waals surface area contributed by atoms with E-state index >= 15 is 0 Å². The molecule has 3 aromatic heterocycles. The Morgan fingerprint density at radius 3 is 2.58 bits per heavy atom. The van der Waals surface area contributed by atoms with Gasteiger partial charge < -0.3 is 14.9 Å². The fraction of sp³-hybridized carbons (Fsp3) is 0.0952. The number of nitrogens with one attached hydrogen (secondary N) is 3. The van der Waals surface area contributed by atoms with Gasteiger partial charge in [-0.2, -0.15) is 0 Å². The molecule has 0 fully saturated rings. The van der Waals surface area contributed by atoms with Crippen LogP contribution < -0.4 is 16.6 Å². The van der Waals surface area contributed by atoms with Crippen LogP contribution in [0.25, 0.3) is 16.8 Å². The van der Waals surface area contributed by atoms with Gasteiger partial charge in [0.25, 0.3) is 5.56 Å². The van der Waals surface area contributed by atoms with Crippen molar-refractivity contribution >= 4 is 40.2 Å². The van der Waals surface area contributed by atoms with Crippen LogP contribution in [0.4, 0.5) is 10.1 Å². The predicted octanol–water partition coefficient (Wildman–Crippen LogP) is 1.98. The van der Waals surface area contributed by atoms with Crippen LogP contribution in [0.15, 0.2) is 69.5 Å². The molecule has 10 nitrogen and oxygen atoms in total. The van der Waals surface area contributed by atoms with Gasteiger partial charge in [0, 0.05) is 6.20 Å². The van der Waals surface area contributed by atoms with Gasteiger partial charge in [-0.05, 0) is 29.8 Å². The van der Waals surface area contributed by atoms with Crippen LogP contribution >= 0.6 is 11.8 Å². The number of hydrogen-bond acceptors (Lipinski definition) is 6. The van der Waals surface area contributed by atoms with Gasteiger partial charge in [-0.1, -0.05) is 36.0 Å². The number of fused-ring (bicyclic) bond motifs is 3. The van der Waals surface area contributed by atoms with E-state index in [1.165, 1.54) is 12.1 Å². The summed E-state index contributed by atoms with van der Waals surface area (Å²) in [5.74, 6) is -0.189. The smallest absolute Gasteiger partial charge is 0.320 e. The fourth-order valence-electron chi connectivity index (χ4n) is 3.48. The Morgan fingerprint density at radius 1 is 1.06 bits per heavy atom. The lowest BCUT2D eigenvalue weighted by atomic mass is 10.2. The van der Waals surface area contributed by atoms with Crippen molar-refractivity contribution in [3.05, 3.63) is 86.9 Å². The molecule has 0 saturated carbocycles. The lowest BCUT2D eigenvalue weighted by molar-refractivity contribution is -0.113. The highest BCUT2D eigenvalue weighted by atomic mass is 32.2. The monoisotopic (exact) mass is 465 g/mol. The second-order valence-electron chi connectivity index (χ2n) is 7.14. The molecule has 0 aliphatic carbocycles. The molecule has 0 bridgehead atoms. The number of benzene rings is 2. The average Bonchev–Trinajstić information content (AvgIpc) is 3.35. The Balaban J connectivity index is 1.42. The number of H-pyrrole nitrogens is 2. The molecule has 0 radical (unpaired) electrons. The number of carbonyl (C=O) groups excluding carboxylic acids is 1. The number of anilines is 1. The first-order valence-corrected chi connectivity index (χ1v) is 10.8. The molecule has 5 rings (SSSR count). The van der Waals surface area contributed by atoms with Gasteiger partial charge in [-0.15, -0.1) is 10.2 Å². The molecule has 0 spiro atoms. The highest BCUT2D eigenvalue weighted by Crippen LogP contribution is 2.26. The highest BCUT2D eigenvalue weighted by Gasteiger charge is 2.18. The molecular formula is C21H16FN7O3S. The fourth-order valence-corrected chi connectivity index (χ4v) is 4.22. The van der Waals surface area contributed by atoms with Crippen LogP contribution in [-0.2, 0) is 11.3 Å². The lowest BCUT2D eigenvalue weighted by Gasteiger charge is -2.05. The maximum Gasteiger partial charge on any atom is 0.325 e. The van der Waals surface area contributed by atoms with Gasteiger partial charge in [-0.3, -0.25) is 19.0 Å². The Morgan fingerprint density at radius 2 is 1.82 bits per heavy atom. The van der Waals surface area contributed by atoms with Crippen molar-refractivity contribution in [2.45, 2.75) is 11.7 Å². The third kappa shape index (κ3) is 4.03. The Kier molecular flexibility index (Phi) is 5.26. The third-order valence-electron chi connectivity index (χ3n) is 4.95. The summed E-state index contributed by atoms with van der Waals surface area (Å²) in [4.78, 5) is 39.6. The second kappa shape index (κ2) is 8.39. The van der Waals surface area contributed by atoms with E-state index in [0.29, 0.717) is 17.5 Å². The van der Waals surface area contributed by atoms with Crippen LogP contribution in [0, 0.1) is 5.82 Å². The molecule has 5 aromatic rings. The molecule has 3 N–H and O–H groups in total. The summed E-state index contributed by atoms with van der Waals surface area (Å²) in [7, 11) is 0. The molecule has 0 saturated heterocycles. The molecule has 1 amide bonds. The first-order chi connectivity index (χ1) is 16.0. The molecule has 0 atom stereocenters. The van der Waals surface area contributed by atoms with E-state index < -0.39 is 17.2 Å². The first kappa shape index (κ1) is 20.7. The first-order valence-electron chi connectivity index (χ1n) is 9.81. The summed E-state index contributed by atoms with van der Waals surface area (Å²) >= 11 is 1.16. The normalized spacial score (nSPS) is 11.3. The van der Waals surface area contributed by atoms with E-state index in [2.05, 4.69) is 20.5 Å². The number of thioether (sulfide) groups is 1. The Bertz CT molecular complexity index is 1600. The number of halogens is 1. The van der Waals surface area contributed by atoms with Crippen molar-refractivity contribution in [2.75, 3.05) is 11.1 Å². The number of rotatable bonds is 6. The zero-order valence-corrected chi connectivity index (χ0v) is 17.7. The van der Waals surface area contributed by atoms with Crippen LogP contribution in [0.1, 0.15) is 5.56 Å². The number of aromatic nitrogens is 6. The quantitative estimate of drug-likeness (QED) is 0.329. The molecule has 12 heteroatoms. The van der Waals surface area contributed by atoms with E-state index in [9.17, 15) is 18.8 Å². The van der Waals surface area contributed by atoms with Crippen LogP contribution in [-0.4, -0.2) is 40.8 Å². The van der Waals surface area contributed by atoms with E-state index in [4.69, 9.17) is 0 Å². The number of hydrogen-bond donors (Lipinski definition) is 3. The summed E-state index contributed by atoms with van der Waals surface area (Å²) in [5, 5.41) is 11.5. The molecule has 0 aliphatic rings. The molecule has 33 heavy (non-hydrogen) atoms. The average molecular weight is 465 g/mol. The van der Waals surface area contributed by atoms with Crippen molar-refractivity contribution in [1.82, 2.24) is 29.1 Å². The van der Waals surface area contributed by atoms with Crippen LogP contribution in [0.2, 0.25) is 0 Å². The third-order valence-corrected chi connectivity index (χ3v) is 5.88. The van der Waals surface area contributed by atoms with Crippen molar-refractivity contribution in [1.29, 1.82) is 0 Å². The molecule has 0 aliphatic heterocycles. The Labute approximate surface area is 188 Å². The molecule has 3 heterocycles. The minimum absolute atomic E-state index is 0.0309. The standard InChI is InChI=1S/C21H16FN7O3S/c22-13-7-5-12(6-8-13)10-28-15-3-1-2-4-16(15)29-20(28)26-27-21(29)33-11-17(30)24-14-9-23-19(32)25-18(14)31/h1-9H,10-11H2,(H,24,30)(H2,23,25,31,32). The summed E-state index contributed by atoms with van der Waals surface area (Å²) in [6.45, 7) is 0.468. The Hall–Kier alpha value is -4.19. The van der Waals surface area contributed by atoms with Gasteiger partial charge in [0.1, 0.15) is 11.5 Å². The zero-order chi connectivity index (χ0) is 22.9. The van der Waals surface area contributed by atoms with Gasteiger partial charge >= 0.3 is 5.69 Å². The minimum atomic E-state index is -0.689. The topological polar surface area (TPSA) is 130 Å². The SMILES string of the molecule is O=C(CSc1nnc2n(Cc3ccc(F)cc3)c3ccccc3n12)Nc1c[nH]c(=O)[nH]c1=O. The lowest BCUT2D eigenvalue weighted by Crippen LogP contribution is -2.27. The molecule has 2 aromatic carbocycles. The van der Waals surface area contributed by atoms with E-state index in [1.54, 1.807) is 12.1 Å². The van der Waals surface area contributed by atoms with Crippen molar-refractivity contribution in [3.8, 4) is 0 Å². The maximum atomic E-state index is 13.3. The van der Waals surface area contributed by atoms with Crippen LogP contribution in [0.3, 0.4) is 0 Å². The summed E-state index contributed by atoms with van der Waals surface area (Å²) in [6.07, 6.45) is 1.14. The number of carbonyl (C=O) groups is 1. The minimum Gasteiger partial charge on any atom is -0.320 e. The number of imidazole rings is 1. The van der Waals surface area contributed by atoms with Gasteiger partial charge in [0.15, 0.2) is 5.16 Å².